The third-order valence-corrected chi connectivity index (χ3v) is 6.22. The lowest BCUT2D eigenvalue weighted by atomic mass is 10.00. The molecule has 0 N–H and O–H groups in total. The molecule has 37 heavy (non-hydrogen) atoms. The summed E-state index contributed by atoms with van der Waals surface area (Å²) in [4.78, 5) is 44.3. The van der Waals surface area contributed by atoms with Crippen LogP contribution in [0.4, 0.5) is 4.79 Å². The van der Waals surface area contributed by atoms with Crippen molar-refractivity contribution in [1.82, 2.24) is 14.7 Å². The van der Waals surface area contributed by atoms with Gasteiger partial charge in [0.15, 0.2) is 0 Å². The first kappa shape index (κ1) is 30.6. The fourth-order valence-electron chi connectivity index (χ4n) is 4.32. The lowest BCUT2D eigenvalue weighted by Gasteiger charge is -2.42. The highest BCUT2D eigenvalue weighted by Gasteiger charge is 2.41. The van der Waals surface area contributed by atoms with E-state index in [-0.39, 0.29) is 11.8 Å². The first-order valence-electron chi connectivity index (χ1n) is 13.1. The third kappa shape index (κ3) is 9.97. The maximum atomic E-state index is 13.7. The van der Waals surface area contributed by atoms with E-state index in [0.29, 0.717) is 39.3 Å². The Morgan fingerprint density at radius 2 is 1.78 bits per heavy atom. The van der Waals surface area contributed by atoms with Gasteiger partial charge in [0.05, 0.1) is 13.7 Å². The Bertz CT molecular complexity index is 870. The van der Waals surface area contributed by atoms with E-state index in [9.17, 15) is 14.4 Å². The summed E-state index contributed by atoms with van der Waals surface area (Å²) in [5.74, 6) is -0.558. The molecule has 0 saturated carbocycles. The van der Waals surface area contributed by atoms with E-state index >= 15 is 0 Å². The van der Waals surface area contributed by atoms with Gasteiger partial charge in [-0.05, 0) is 45.1 Å². The summed E-state index contributed by atoms with van der Waals surface area (Å²) < 4.78 is 16.3. The molecule has 1 heterocycles. The van der Waals surface area contributed by atoms with Crippen molar-refractivity contribution in [1.29, 1.82) is 0 Å². The van der Waals surface area contributed by atoms with E-state index in [1.807, 2.05) is 44.2 Å². The smallest absolute Gasteiger partial charge is 0.410 e. The fraction of sp³-hybridized carbons (Fsp3) is 0.679. The average molecular weight is 520 g/mol. The van der Waals surface area contributed by atoms with Crippen LogP contribution >= 0.6 is 0 Å². The first-order chi connectivity index (χ1) is 17.4. The number of nitrogens with zero attached hydrogens (tertiary/aromatic N) is 3. The van der Waals surface area contributed by atoms with E-state index in [1.54, 1.807) is 32.7 Å². The molecule has 1 fully saturated rings. The Labute approximate surface area is 222 Å². The monoisotopic (exact) mass is 519 g/mol. The van der Waals surface area contributed by atoms with Gasteiger partial charge < -0.3 is 19.1 Å². The second kappa shape index (κ2) is 14.3. The largest absolute Gasteiger partial charge is 0.467 e. The highest BCUT2D eigenvalue weighted by atomic mass is 16.6. The molecule has 0 aromatic heterocycles. The molecule has 2 rings (SSSR count). The minimum atomic E-state index is -0.738. The van der Waals surface area contributed by atoms with Gasteiger partial charge in [-0.15, -0.1) is 0 Å². The van der Waals surface area contributed by atoms with Gasteiger partial charge in [-0.2, -0.15) is 0 Å². The molecule has 1 aliphatic rings. The first-order valence-corrected chi connectivity index (χ1v) is 13.1. The topological polar surface area (TPSA) is 88.6 Å². The number of hydrogen-bond donors (Lipinski definition) is 0. The van der Waals surface area contributed by atoms with Gasteiger partial charge in [0.25, 0.3) is 0 Å². The molecule has 0 unspecified atom stereocenters. The lowest BCUT2D eigenvalue weighted by molar-refractivity contribution is -0.158. The van der Waals surface area contributed by atoms with Crippen LogP contribution in [0.2, 0.25) is 0 Å². The SMILES string of the molecule is COC(=O)[C@H]1CN(CCCOCc2ccccc2)CCN1C(=O)[C@H](CC(C)C)N(C)C(=O)OC(C)(C)C. The summed E-state index contributed by atoms with van der Waals surface area (Å²) in [5.41, 5.74) is 0.453. The van der Waals surface area contributed by atoms with Gasteiger partial charge >= 0.3 is 12.1 Å². The number of carbonyl (C=O) groups excluding carboxylic acids is 3. The minimum Gasteiger partial charge on any atom is -0.467 e. The number of carbonyl (C=O) groups is 3. The molecule has 0 aliphatic carbocycles. The molecule has 1 aliphatic heterocycles. The van der Waals surface area contributed by atoms with Crippen LogP contribution in [0, 0.1) is 5.92 Å². The summed E-state index contributed by atoms with van der Waals surface area (Å²) in [7, 11) is 2.91. The van der Waals surface area contributed by atoms with Crippen molar-refractivity contribution in [3.63, 3.8) is 0 Å². The summed E-state index contributed by atoms with van der Waals surface area (Å²) in [5, 5.41) is 0. The van der Waals surface area contributed by atoms with Crippen LogP contribution in [-0.4, -0.2) is 97.3 Å². The highest BCUT2D eigenvalue weighted by molar-refractivity contribution is 5.90. The third-order valence-electron chi connectivity index (χ3n) is 6.22. The Kier molecular flexibility index (Phi) is 11.8. The van der Waals surface area contributed by atoms with Crippen LogP contribution in [-0.2, 0) is 30.4 Å². The zero-order valence-electron chi connectivity index (χ0n) is 23.6. The van der Waals surface area contributed by atoms with Gasteiger partial charge in [-0.3, -0.25) is 14.6 Å². The summed E-state index contributed by atoms with van der Waals surface area (Å²) in [6.07, 6.45) is 0.711. The number of amides is 2. The quantitative estimate of drug-likeness (QED) is 0.326. The minimum absolute atomic E-state index is 0.160. The number of methoxy groups -OCH3 is 1. The average Bonchev–Trinajstić information content (AvgIpc) is 2.85. The number of benzene rings is 1. The van der Waals surface area contributed by atoms with Crippen molar-refractivity contribution in [3.05, 3.63) is 35.9 Å². The van der Waals surface area contributed by atoms with Crippen LogP contribution in [0.15, 0.2) is 30.3 Å². The van der Waals surface area contributed by atoms with Crippen molar-refractivity contribution in [2.45, 2.75) is 71.8 Å². The molecular formula is C28H45N3O6. The lowest BCUT2D eigenvalue weighted by Crippen LogP contribution is -2.62. The van der Waals surface area contributed by atoms with E-state index < -0.39 is 29.7 Å². The molecule has 2 atom stereocenters. The van der Waals surface area contributed by atoms with Crippen LogP contribution in [0.3, 0.4) is 0 Å². The zero-order chi connectivity index (χ0) is 27.6. The Morgan fingerprint density at radius 3 is 2.38 bits per heavy atom. The molecule has 1 saturated heterocycles. The summed E-state index contributed by atoms with van der Waals surface area (Å²) >= 11 is 0. The Balaban J connectivity index is 2.01. The van der Waals surface area contributed by atoms with Crippen LogP contribution < -0.4 is 0 Å². The molecule has 208 valence electrons. The van der Waals surface area contributed by atoms with Crippen molar-refractivity contribution < 1.29 is 28.6 Å². The predicted molar refractivity (Wildman–Crippen MR) is 142 cm³/mol. The number of hydrogen-bond acceptors (Lipinski definition) is 7. The second-order valence-electron chi connectivity index (χ2n) is 11.0. The van der Waals surface area contributed by atoms with Crippen LogP contribution in [0.1, 0.15) is 53.0 Å². The number of esters is 1. The molecule has 0 radical (unpaired) electrons. The molecule has 1 aromatic carbocycles. The number of rotatable bonds is 11. The van der Waals surface area contributed by atoms with Crippen molar-refractivity contribution in [3.8, 4) is 0 Å². The number of likely N-dealkylation sites (N-methyl/N-ethyl adjacent to an activating group) is 1. The molecule has 9 heteroatoms. The van der Waals surface area contributed by atoms with Gasteiger partial charge in [0.1, 0.15) is 17.7 Å². The molecular weight excluding hydrogens is 474 g/mol. The molecule has 1 aromatic rings. The molecule has 0 spiro atoms. The Hall–Kier alpha value is -2.65. The molecule has 2 amide bonds. The van der Waals surface area contributed by atoms with Crippen LogP contribution in [0.25, 0.3) is 0 Å². The number of ether oxygens (including phenoxy) is 3. The maximum absolute atomic E-state index is 13.7. The van der Waals surface area contributed by atoms with Crippen molar-refractivity contribution in [2.75, 3.05) is 46.9 Å². The van der Waals surface area contributed by atoms with E-state index in [1.165, 1.54) is 12.0 Å². The fourth-order valence-corrected chi connectivity index (χ4v) is 4.32. The van der Waals surface area contributed by atoms with Gasteiger partial charge in [-0.25, -0.2) is 9.59 Å². The number of piperazine rings is 1. The molecule has 0 bridgehead atoms. The van der Waals surface area contributed by atoms with Gasteiger partial charge in [-0.1, -0.05) is 44.2 Å². The van der Waals surface area contributed by atoms with Gasteiger partial charge in [0.2, 0.25) is 5.91 Å². The van der Waals surface area contributed by atoms with Crippen molar-refractivity contribution in [2.24, 2.45) is 5.92 Å². The standard InChI is InChI=1S/C28H45N3O6/c1-21(2)18-23(29(6)27(34)37-28(3,4)5)25(32)31-16-15-30(19-24(31)26(33)35-7)14-11-17-36-20-22-12-9-8-10-13-22/h8-10,12-13,21,23-24H,11,14-20H2,1-7H3/t23-,24+/m0/s1. The normalized spacial score (nSPS) is 17.4. The zero-order valence-corrected chi connectivity index (χ0v) is 23.6. The van der Waals surface area contributed by atoms with E-state index in [0.717, 1.165) is 18.5 Å². The molecule has 9 nitrogen and oxygen atoms in total. The van der Waals surface area contributed by atoms with Gasteiger partial charge in [0, 0.05) is 39.8 Å². The van der Waals surface area contributed by atoms with Crippen LogP contribution in [0.5, 0.6) is 0 Å². The Morgan fingerprint density at radius 1 is 1.11 bits per heavy atom. The second-order valence-corrected chi connectivity index (χ2v) is 11.0. The van der Waals surface area contributed by atoms with Crippen molar-refractivity contribution >= 4 is 18.0 Å². The highest BCUT2D eigenvalue weighted by Crippen LogP contribution is 2.21. The summed E-state index contributed by atoms with van der Waals surface area (Å²) in [6, 6.07) is 8.55. The van der Waals surface area contributed by atoms with E-state index in [4.69, 9.17) is 14.2 Å². The predicted octanol–water partition coefficient (Wildman–Crippen LogP) is 3.56. The summed E-state index contributed by atoms with van der Waals surface area (Å²) in [6.45, 7) is 12.7. The van der Waals surface area contributed by atoms with E-state index in [2.05, 4.69) is 4.90 Å². The maximum Gasteiger partial charge on any atom is 0.410 e.